The van der Waals surface area contributed by atoms with Gasteiger partial charge in [-0.2, -0.15) is 5.26 Å². The smallest absolute Gasteiger partial charge is 0.153 e. The molecule has 0 spiro atoms. The van der Waals surface area contributed by atoms with Gasteiger partial charge in [-0.3, -0.25) is 0 Å². The molecule has 1 aliphatic carbocycles. The van der Waals surface area contributed by atoms with E-state index in [0.717, 1.165) is 38.9 Å². The summed E-state index contributed by atoms with van der Waals surface area (Å²) in [4.78, 5) is 10.2. The zero-order chi connectivity index (χ0) is 21.8. The number of rotatable bonds is 2. The number of hydrogen-bond donors (Lipinski definition) is 2. The zero-order valence-corrected chi connectivity index (χ0v) is 17.1. The van der Waals surface area contributed by atoms with E-state index in [0.29, 0.717) is 22.7 Å². The van der Waals surface area contributed by atoms with E-state index in [4.69, 9.17) is 16.3 Å². The molecule has 4 N–H and O–H groups in total. The Labute approximate surface area is 184 Å². The van der Waals surface area contributed by atoms with Crippen LogP contribution >= 0.6 is 0 Å². The van der Waals surface area contributed by atoms with E-state index in [2.05, 4.69) is 22.3 Å². The number of benzene rings is 3. The van der Waals surface area contributed by atoms with Crippen LogP contribution in [-0.4, -0.2) is 11.9 Å². The molecule has 3 aromatic carbocycles. The standard InChI is InChI=1S/C26H19N5O/c27-12-20-23(18-7-3-6-17-19-11-22(19)32-31-25(17)18)21(13-28)26(29)30-24(20)16-9-8-14-4-1-2-5-15(14)10-16/h1-10,13,22-23H,11,28H2,(H2,29,30)/b21-13-/t22-,23?/m1/s1. The first kappa shape index (κ1) is 18.4. The third-order valence-electron chi connectivity index (χ3n) is 6.33. The van der Waals surface area contributed by atoms with Crippen LogP contribution in [0.25, 0.3) is 22.0 Å². The first-order chi connectivity index (χ1) is 15.7. The quantitative estimate of drug-likeness (QED) is 0.668. The summed E-state index contributed by atoms with van der Waals surface area (Å²) in [6.07, 6.45) is 2.41. The van der Waals surface area contributed by atoms with Gasteiger partial charge in [-0.1, -0.05) is 59.8 Å². The minimum atomic E-state index is -0.484. The second-order valence-corrected chi connectivity index (χ2v) is 8.15. The van der Waals surface area contributed by atoms with Crippen molar-refractivity contribution < 1.29 is 4.84 Å². The van der Waals surface area contributed by atoms with Gasteiger partial charge in [-0.15, -0.1) is 0 Å². The molecule has 0 amide bonds. The molecule has 3 aliphatic rings. The molecule has 1 unspecified atom stereocenters. The van der Waals surface area contributed by atoms with Gasteiger partial charge >= 0.3 is 0 Å². The zero-order valence-electron chi connectivity index (χ0n) is 17.1. The number of amidine groups is 1. The first-order valence-electron chi connectivity index (χ1n) is 10.4. The summed E-state index contributed by atoms with van der Waals surface area (Å²) in [7, 11) is 0. The highest BCUT2D eigenvalue weighted by molar-refractivity contribution is 6.06. The number of nitrogens with zero attached hydrogens (tertiary/aromatic N) is 3. The van der Waals surface area contributed by atoms with Crippen LogP contribution in [0.5, 0.6) is 0 Å². The summed E-state index contributed by atoms with van der Waals surface area (Å²) in [5.74, 6) is -0.187. The SMILES string of the molecule is N#CC1=C(c2ccc3ccccc3c2)N=C(N)/C(=C\N)C1c1cccc2c1=NO[C@@H]1CC=21. The Morgan fingerprint density at radius 3 is 2.72 bits per heavy atom. The Morgan fingerprint density at radius 2 is 1.91 bits per heavy atom. The molecule has 6 nitrogen and oxygen atoms in total. The molecule has 2 heterocycles. The fourth-order valence-electron chi connectivity index (χ4n) is 4.66. The van der Waals surface area contributed by atoms with E-state index in [-0.39, 0.29) is 6.10 Å². The molecule has 154 valence electrons. The summed E-state index contributed by atoms with van der Waals surface area (Å²) in [5, 5.41) is 18.7. The third kappa shape index (κ3) is 2.65. The highest BCUT2D eigenvalue weighted by atomic mass is 16.6. The monoisotopic (exact) mass is 417 g/mol. The van der Waals surface area contributed by atoms with Crippen molar-refractivity contribution in [3.8, 4) is 6.07 Å². The number of aliphatic imine (C=N–C) groups is 1. The number of fused-ring (bicyclic) bond motifs is 3. The lowest BCUT2D eigenvalue weighted by Gasteiger charge is -2.26. The summed E-state index contributed by atoms with van der Waals surface area (Å²) in [5.41, 5.74) is 16.9. The maximum Gasteiger partial charge on any atom is 0.153 e. The Bertz CT molecular complexity index is 1570. The van der Waals surface area contributed by atoms with E-state index < -0.39 is 5.92 Å². The van der Waals surface area contributed by atoms with Gasteiger partial charge in [0, 0.05) is 29.0 Å². The van der Waals surface area contributed by atoms with Gasteiger partial charge in [0.1, 0.15) is 11.2 Å². The largest absolute Gasteiger partial charge is 0.404 e. The maximum absolute atomic E-state index is 10.3. The molecule has 3 aromatic rings. The van der Waals surface area contributed by atoms with Crippen LogP contribution in [0.4, 0.5) is 0 Å². The molecular formula is C26H19N5O. The van der Waals surface area contributed by atoms with Crippen molar-refractivity contribution in [3.63, 3.8) is 0 Å². The van der Waals surface area contributed by atoms with Crippen molar-refractivity contribution in [2.45, 2.75) is 18.4 Å². The first-order valence-corrected chi connectivity index (χ1v) is 10.4. The predicted molar refractivity (Wildman–Crippen MR) is 123 cm³/mol. The molecule has 1 fully saturated rings. The summed E-state index contributed by atoms with van der Waals surface area (Å²) < 4.78 is 0. The summed E-state index contributed by atoms with van der Waals surface area (Å²) >= 11 is 0. The van der Waals surface area contributed by atoms with Crippen molar-refractivity contribution >= 4 is 27.9 Å². The van der Waals surface area contributed by atoms with E-state index in [1.807, 2.05) is 54.6 Å². The summed E-state index contributed by atoms with van der Waals surface area (Å²) in [6, 6.07) is 22.5. The Balaban J connectivity index is 1.62. The fourth-order valence-corrected chi connectivity index (χ4v) is 4.66. The molecule has 0 bridgehead atoms. The second kappa shape index (κ2) is 6.82. The normalized spacial score (nSPS) is 22.4. The van der Waals surface area contributed by atoms with E-state index in [1.54, 1.807) is 0 Å². The van der Waals surface area contributed by atoms with Crippen LogP contribution in [0.1, 0.15) is 23.5 Å². The van der Waals surface area contributed by atoms with Crippen molar-refractivity contribution in [1.29, 1.82) is 5.26 Å². The molecule has 2 aliphatic heterocycles. The highest BCUT2D eigenvalue weighted by Gasteiger charge is 2.38. The number of nitriles is 1. The third-order valence-corrected chi connectivity index (χ3v) is 6.33. The molecule has 32 heavy (non-hydrogen) atoms. The van der Waals surface area contributed by atoms with E-state index in [9.17, 15) is 5.26 Å². The van der Waals surface area contributed by atoms with Gasteiger partial charge in [0.2, 0.25) is 0 Å². The number of nitrogens with two attached hydrogens (primary N) is 2. The van der Waals surface area contributed by atoms with E-state index >= 15 is 0 Å². The molecule has 0 saturated heterocycles. The second-order valence-electron chi connectivity index (χ2n) is 8.15. The lowest BCUT2D eigenvalue weighted by molar-refractivity contribution is 0.127. The molecule has 0 aromatic heterocycles. The van der Waals surface area contributed by atoms with Crippen molar-refractivity contribution in [1.82, 2.24) is 0 Å². The van der Waals surface area contributed by atoms with Crippen LogP contribution in [0, 0.1) is 11.3 Å². The van der Waals surface area contributed by atoms with Gasteiger partial charge in [-0.25, -0.2) is 4.99 Å². The predicted octanol–water partition coefficient (Wildman–Crippen LogP) is 2.56. The van der Waals surface area contributed by atoms with Crippen molar-refractivity contribution in [3.05, 3.63) is 99.7 Å². The van der Waals surface area contributed by atoms with Crippen LogP contribution in [0.15, 0.2) is 88.2 Å². The minimum Gasteiger partial charge on any atom is -0.404 e. The van der Waals surface area contributed by atoms with Crippen molar-refractivity contribution in [2.75, 3.05) is 0 Å². The van der Waals surface area contributed by atoms with Gasteiger partial charge in [0.25, 0.3) is 0 Å². The molecule has 1 saturated carbocycles. The molecule has 6 rings (SSSR count). The van der Waals surface area contributed by atoms with E-state index in [1.165, 1.54) is 11.8 Å². The lowest BCUT2D eigenvalue weighted by atomic mass is 9.80. The summed E-state index contributed by atoms with van der Waals surface area (Å²) in [6.45, 7) is 0. The highest BCUT2D eigenvalue weighted by Crippen LogP contribution is 2.40. The maximum atomic E-state index is 10.3. The average molecular weight is 417 g/mol. The topological polar surface area (TPSA) is 110 Å². The fraction of sp³-hybridized carbons (Fsp3) is 0.115. The van der Waals surface area contributed by atoms with Crippen LogP contribution in [-0.2, 0) is 4.84 Å². The van der Waals surface area contributed by atoms with Crippen LogP contribution in [0.3, 0.4) is 0 Å². The molecule has 0 radical (unpaired) electrons. The van der Waals surface area contributed by atoms with Gasteiger partial charge in [-0.05, 0) is 28.0 Å². The Morgan fingerprint density at radius 1 is 1.06 bits per heavy atom. The molecule has 6 heteroatoms. The van der Waals surface area contributed by atoms with Crippen LogP contribution in [0.2, 0.25) is 0 Å². The number of allylic oxidation sites excluding steroid dienone is 1. The van der Waals surface area contributed by atoms with Crippen LogP contribution < -0.4 is 22.0 Å². The Hall–Kier alpha value is -4.37. The molecule has 2 atom stereocenters. The lowest BCUT2D eigenvalue weighted by Crippen LogP contribution is -2.36. The Kier molecular flexibility index (Phi) is 3.92. The average Bonchev–Trinajstić information content (AvgIpc) is 3.63. The number of hydrogen-bond acceptors (Lipinski definition) is 6. The van der Waals surface area contributed by atoms with Gasteiger partial charge in [0.15, 0.2) is 6.10 Å². The van der Waals surface area contributed by atoms with Crippen molar-refractivity contribution in [2.24, 2.45) is 21.6 Å². The van der Waals surface area contributed by atoms with Gasteiger partial charge < -0.3 is 16.3 Å². The van der Waals surface area contributed by atoms with Gasteiger partial charge in [0.05, 0.1) is 23.3 Å². The minimum absolute atomic E-state index is 0.0828. The molecular weight excluding hydrogens is 398 g/mol.